The van der Waals surface area contributed by atoms with Crippen molar-refractivity contribution in [1.82, 2.24) is 58.5 Å². The van der Waals surface area contributed by atoms with Crippen LogP contribution in [-0.2, 0) is 0 Å². The summed E-state index contributed by atoms with van der Waals surface area (Å²) >= 11 is 27.5. The first-order valence-corrected chi connectivity index (χ1v) is 13.5. The summed E-state index contributed by atoms with van der Waals surface area (Å²) in [7, 11) is 0. The van der Waals surface area contributed by atoms with Gasteiger partial charge in [-0.2, -0.15) is 0 Å². The van der Waals surface area contributed by atoms with Crippen LogP contribution in [0.2, 0.25) is 1.41 Å². The average molecular weight is 561 g/mol. The Hall–Kier alpha value is 1.38. The molecule has 3 saturated heterocycles. The van der Waals surface area contributed by atoms with Gasteiger partial charge >= 0.3 is 0 Å². The van der Waals surface area contributed by atoms with Gasteiger partial charge in [0.15, 0.2) is 0 Å². The molecule has 31 heavy (non-hydrogen) atoms. The number of rotatable bonds is 11. The molecule has 13 N–H and O–H groups in total. The molecular weight excluding hydrogens is 530 g/mol. The van der Waals surface area contributed by atoms with Crippen LogP contribution in [0.15, 0.2) is 0 Å². The van der Waals surface area contributed by atoms with Gasteiger partial charge in [-0.15, -0.1) is 23.5 Å². The molecule has 0 aliphatic carbocycles. The van der Waals surface area contributed by atoms with E-state index < -0.39 is 22.5 Å². The summed E-state index contributed by atoms with van der Waals surface area (Å²) in [6.45, 7) is 1.46. The third kappa shape index (κ3) is 10.3. The van der Waals surface area contributed by atoms with Crippen LogP contribution >= 0.6 is 69.9 Å². The van der Waals surface area contributed by atoms with Crippen LogP contribution < -0.4 is 64.2 Å². The molecule has 0 aromatic rings. The molecular formula is C13H30Cl4N12S2. The lowest BCUT2D eigenvalue weighted by molar-refractivity contribution is 0.255. The van der Waals surface area contributed by atoms with Gasteiger partial charge in [-0.3, -0.25) is 58.5 Å². The van der Waals surface area contributed by atoms with Gasteiger partial charge < -0.3 is 5.73 Å². The number of alkyl halides is 4. The second kappa shape index (κ2) is 14.1. The second-order valence-corrected chi connectivity index (χ2v) is 10.8. The zero-order valence-electron chi connectivity index (χ0n) is 17.4. The summed E-state index contributed by atoms with van der Waals surface area (Å²) in [5, 5.41) is 34.8. The van der Waals surface area contributed by atoms with E-state index >= 15 is 0 Å². The topological polar surface area (TPSA) is 158 Å². The lowest BCUT2D eigenvalue weighted by Gasteiger charge is -2.37. The van der Waals surface area contributed by atoms with Crippen LogP contribution in [0, 0.1) is 0 Å². The van der Waals surface area contributed by atoms with Crippen LogP contribution in [0.1, 0.15) is 0 Å². The normalized spacial score (nSPS) is 42.3. The van der Waals surface area contributed by atoms with E-state index in [9.17, 15) is 0 Å². The predicted octanol–water partition coefficient (Wildman–Crippen LogP) is -2.55. The fourth-order valence-electron chi connectivity index (χ4n) is 2.90. The van der Waals surface area contributed by atoms with E-state index in [0.717, 1.165) is 24.6 Å². The van der Waals surface area contributed by atoms with Gasteiger partial charge in [-0.1, -0.05) is 46.4 Å². The van der Waals surface area contributed by atoms with Crippen molar-refractivity contribution in [1.29, 1.82) is 0 Å². The van der Waals surface area contributed by atoms with Gasteiger partial charge in [-0.25, -0.2) is 0 Å². The van der Waals surface area contributed by atoms with Crippen LogP contribution in [0.25, 0.3) is 0 Å². The molecule has 0 spiro atoms. The third-order valence-corrected chi connectivity index (χ3v) is 7.34. The Balaban J connectivity index is 1.30. The number of hydrogen-bond acceptors (Lipinski definition) is 14. The summed E-state index contributed by atoms with van der Waals surface area (Å²) in [5.74, 6) is 1.65. The first kappa shape index (κ1) is 25.5. The molecule has 0 aromatic carbocycles. The lowest BCUT2D eigenvalue weighted by Crippen LogP contribution is -2.69. The third-order valence-electron chi connectivity index (χ3n) is 4.25. The zero-order valence-corrected chi connectivity index (χ0v) is 21.0. The lowest BCUT2D eigenvalue weighted by atomic mass is 10.6. The highest BCUT2D eigenvalue weighted by Crippen LogP contribution is 2.14. The highest BCUT2D eigenvalue weighted by Gasteiger charge is 2.27. The highest BCUT2D eigenvalue weighted by molar-refractivity contribution is 8.00. The van der Waals surface area contributed by atoms with Crippen molar-refractivity contribution >= 4 is 69.9 Å². The summed E-state index contributed by atoms with van der Waals surface area (Å²) < 4.78 is 7.51. The van der Waals surface area contributed by atoms with Gasteiger partial charge in [0.2, 0.25) is 0 Å². The van der Waals surface area contributed by atoms with E-state index in [4.69, 9.17) is 47.8 Å². The number of nitrogens with one attached hydrogen (secondary N) is 11. The van der Waals surface area contributed by atoms with Gasteiger partial charge in [0.1, 0.15) is 53.8 Å². The van der Waals surface area contributed by atoms with Crippen LogP contribution in [0.4, 0.5) is 0 Å². The number of nitrogens with two attached hydrogens (primary N) is 1. The van der Waals surface area contributed by atoms with Gasteiger partial charge in [0.25, 0.3) is 0 Å². The summed E-state index contributed by atoms with van der Waals surface area (Å²) in [5.41, 5.74) is 0.832. The fourth-order valence-corrected chi connectivity index (χ4v) is 6.00. The maximum absolute atomic E-state index is 7.51. The minimum atomic E-state index is -0.401. The number of halogens is 4. The van der Waals surface area contributed by atoms with Crippen LogP contribution in [-0.4, -0.2) is 77.0 Å². The molecule has 0 amide bonds. The first-order chi connectivity index (χ1) is 15.4. The maximum atomic E-state index is 7.51. The van der Waals surface area contributed by atoms with Gasteiger partial charge in [0, 0.05) is 24.6 Å². The number of thioether (sulfide) groups is 2. The van der Waals surface area contributed by atoms with Crippen LogP contribution in [0.5, 0.6) is 0 Å². The smallest absolute Gasteiger partial charge is 0.139 e. The molecule has 3 aliphatic rings. The monoisotopic (exact) mass is 559 g/mol. The first-order valence-electron chi connectivity index (χ1n) is 10.2. The Bertz CT molecular complexity index is 491. The SMILES string of the molecule is [2H]NC1NC(SCCNC2NC(Cl)NC(Cl)N2)NC(SCCNC2NC(Cl)NC(Cl)N2)N1. The Morgan fingerprint density at radius 1 is 0.645 bits per heavy atom. The van der Waals surface area contributed by atoms with Crippen molar-refractivity contribution in [2.45, 2.75) is 52.4 Å². The van der Waals surface area contributed by atoms with Gasteiger partial charge in [-0.05, 0) is 0 Å². The van der Waals surface area contributed by atoms with Crippen molar-refractivity contribution in [3.05, 3.63) is 0 Å². The van der Waals surface area contributed by atoms with Crippen molar-refractivity contribution in [3.8, 4) is 0 Å². The maximum Gasteiger partial charge on any atom is 0.139 e. The zero-order chi connectivity index (χ0) is 22.9. The Labute approximate surface area is 211 Å². The standard InChI is InChI=1S/C13H30Cl4N12S2/c14-5-21-6(15)24-10(23-5)19-1-3-30-12-27-9(18)28-13(29-12)31-4-2-20-11-25-7(16)22-8(17)26-11/h5-13,19-29H,1-4,18H2/i/hD. The van der Waals surface area contributed by atoms with E-state index in [1.165, 1.54) is 0 Å². The molecule has 3 rings (SSSR count). The highest BCUT2D eigenvalue weighted by atomic mass is 35.5. The molecule has 6 unspecified atom stereocenters. The van der Waals surface area contributed by atoms with Crippen molar-refractivity contribution in [2.24, 2.45) is 5.73 Å². The summed E-state index contributed by atoms with van der Waals surface area (Å²) in [6.07, 6.45) is -0.682. The van der Waals surface area contributed by atoms with E-state index in [1.54, 1.807) is 23.5 Å². The molecule has 18 heteroatoms. The molecule has 3 fully saturated rings. The minimum Gasteiger partial charge on any atom is -0.303 e. The molecule has 3 aliphatic heterocycles. The average Bonchev–Trinajstić information content (AvgIpc) is 2.73. The molecule has 0 bridgehead atoms. The van der Waals surface area contributed by atoms with E-state index in [0.29, 0.717) is 0 Å². The van der Waals surface area contributed by atoms with E-state index in [-0.39, 0.29) is 29.9 Å². The largest absolute Gasteiger partial charge is 0.303 e. The molecule has 0 radical (unpaired) electrons. The Morgan fingerprint density at radius 2 is 1.06 bits per heavy atom. The van der Waals surface area contributed by atoms with Crippen molar-refractivity contribution in [2.75, 3.05) is 24.6 Å². The Morgan fingerprint density at radius 3 is 1.45 bits per heavy atom. The van der Waals surface area contributed by atoms with Gasteiger partial charge in [0.05, 0.1) is 0 Å². The quantitative estimate of drug-likeness (QED) is 0.0727. The minimum absolute atomic E-state index is 0.0244. The molecule has 0 saturated carbocycles. The second-order valence-electron chi connectivity index (χ2n) is 6.66. The number of hydrogen-bond donors (Lipinski definition) is 12. The molecule has 12 nitrogen and oxygen atoms in total. The van der Waals surface area contributed by atoms with Crippen molar-refractivity contribution in [3.63, 3.8) is 0 Å². The molecule has 3 heterocycles. The van der Waals surface area contributed by atoms with Crippen molar-refractivity contribution < 1.29 is 1.41 Å². The Kier molecular flexibility index (Phi) is 11.6. The van der Waals surface area contributed by atoms with E-state index in [1.807, 2.05) is 0 Å². The molecule has 0 aromatic heterocycles. The fraction of sp³-hybridized carbons (Fsp3) is 1.00. The summed E-state index contributed by atoms with van der Waals surface area (Å²) in [6, 6.07) is 0. The molecule has 6 atom stereocenters. The molecule has 182 valence electrons. The predicted molar refractivity (Wildman–Crippen MR) is 131 cm³/mol. The van der Waals surface area contributed by atoms with E-state index in [2.05, 4.69) is 64.2 Å². The van der Waals surface area contributed by atoms with Crippen LogP contribution in [0.3, 0.4) is 0 Å². The summed E-state index contributed by atoms with van der Waals surface area (Å²) in [4.78, 5) is 0.